The second kappa shape index (κ2) is 5.85. The smallest absolute Gasteiger partial charge is 0.342 e. The molecular weight excluding hydrogens is 267 g/mol. The molecule has 0 N–H and O–H groups in total. The van der Waals surface area contributed by atoms with Crippen LogP contribution in [0.2, 0.25) is 0 Å². The predicted octanol–water partition coefficient (Wildman–Crippen LogP) is 3.59. The average molecular weight is 285 g/mol. The minimum absolute atomic E-state index is 0.335. The van der Waals surface area contributed by atoms with Gasteiger partial charge >= 0.3 is 6.18 Å². The lowest BCUT2D eigenvalue weighted by Crippen LogP contribution is -2.44. The average Bonchev–Trinajstić information content (AvgIpc) is 2.46. The van der Waals surface area contributed by atoms with Crippen LogP contribution in [0.1, 0.15) is 31.2 Å². The molecule has 20 heavy (non-hydrogen) atoms. The molecule has 1 amide bonds. The van der Waals surface area contributed by atoms with Gasteiger partial charge in [0.1, 0.15) is 5.92 Å². The first-order valence-corrected chi connectivity index (χ1v) is 6.80. The van der Waals surface area contributed by atoms with Gasteiger partial charge in [-0.1, -0.05) is 30.3 Å². The minimum atomic E-state index is -4.45. The highest BCUT2D eigenvalue weighted by Crippen LogP contribution is 2.31. The van der Waals surface area contributed by atoms with Crippen LogP contribution >= 0.6 is 0 Å². The number of benzene rings is 1. The van der Waals surface area contributed by atoms with Crippen LogP contribution in [0.3, 0.4) is 0 Å². The Bertz CT molecular complexity index is 450. The second-order valence-corrected chi connectivity index (χ2v) is 5.27. The number of carbonyl (C=O) groups excluding carboxylic acids is 1. The molecule has 1 aromatic carbocycles. The second-order valence-electron chi connectivity index (χ2n) is 5.27. The first-order valence-electron chi connectivity index (χ1n) is 6.80. The van der Waals surface area contributed by atoms with Gasteiger partial charge < -0.3 is 4.90 Å². The zero-order valence-corrected chi connectivity index (χ0v) is 11.4. The lowest BCUT2D eigenvalue weighted by Gasteiger charge is -2.34. The Morgan fingerprint density at radius 2 is 1.75 bits per heavy atom. The molecule has 0 aliphatic carbocycles. The summed E-state index contributed by atoms with van der Waals surface area (Å²) >= 11 is 0. The first-order chi connectivity index (χ1) is 9.39. The number of alkyl halides is 3. The summed E-state index contributed by atoms with van der Waals surface area (Å²) in [5.41, 5.74) is 1.20. The van der Waals surface area contributed by atoms with Crippen molar-refractivity contribution in [2.75, 3.05) is 13.1 Å². The Hall–Kier alpha value is -1.52. The zero-order chi connectivity index (χ0) is 14.8. The van der Waals surface area contributed by atoms with Crippen LogP contribution in [0.5, 0.6) is 0 Å². The van der Waals surface area contributed by atoms with Crippen LogP contribution in [0, 0.1) is 5.92 Å². The maximum absolute atomic E-state index is 12.5. The summed E-state index contributed by atoms with van der Waals surface area (Å²) < 4.78 is 37.6. The number of carbonyl (C=O) groups is 1. The van der Waals surface area contributed by atoms with E-state index in [4.69, 9.17) is 0 Å². The Balaban J connectivity index is 1.93. The van der Waals surface area contributed by atoms with Gasteiger partial charge in [0.25, 0.3) is 0 Å². The Morgan fingerprint density at radius 1 is 1.20 bits per heavy atom. The van der Waals surface area contributed by atoms with Gasteiger partial charge in [0.2, 0.25) is 5.91 Å². The van der Waals surface area contributed by atoms with Crippen molar-refractivity contribution < 1.29 is 18.0 Å². The SMILES string of the molecule is C[C@H](C(=O)N1CCC(c2ccccc2)CC1)C(F)(F)F. The van der Waals surface area contributed by atoms with Crippen LogP contribution in [-0.4, -0.2) is 30.1 Å². The molecule has 1 aliphatic heterocycles. The van der Waals surface area contributed by atoms with Crippen LogP contribution in [0.15, 0.2) is 30.3 Å². The van der Waals surface area contributed by atoms with E-state index in [2.05, 4.69) is 0 Å². The standard InChI is InChI=1S/C15H18F3NO/c1-11(15(16,17)18)14(20)19-9-7-13(8-10-19)12-5-3-2-4-6-12/h2-6,11,13H,7-10H2,1H3/t11-/m1/s1. The first kappa shape index (κ1) is 14.9. The fourth-order valence-corrected chi connectivity index (χ4v) is 2.57. The largest absolute Gasteiger partial charge is 0.400 e. The van der Waals surface area contributed by atoms with Gasteiger partial charge in [0.15, 0.2) is 0 Å². The molecule has 1 aromatic rings. The van der Waals surface area contributed by atoms with Gasteiger partial charge in [0.05, 0.1) is 0 Å². The molecule has 0 unspecified atom stereocenters. The normalized spacial score (nSPS) is 18.9. The molecule has 2 nitrogen and oxygen atoms in total. The summed E-state index contributed by atoms with van der Waals surface area (Å²) in [5, 5.41) is 0. The number of rotatable bonds is 2. The number of amides is 1. The predicted molar refractivity (Wildman–Crippen MR) is 70.2 cm³/mol. The van der Waals surface area contributed by atoms with Crippen molar-refractivity contribution in [3.63, 3.8) is 0 Å². The number of hydrogen-bond donors (Lipinski definition) is 0. The lowest BCUT2D eigenvalue weighted by molar-refractivity contribution is -0.186. The maximum atomic E-state index is 12.5. The topological polar surface area (TPSA) is 20.3 Å². The number of halogens is 3. The number of piperidine rings is 1. The van der Waals surface area contributed by atoms with Crippen LogP contribution in [0.25, 0.3) is 0 Å². The van der Waals surface area contributed by atoms with Gasteiger partial charge in [-0.25, -0.2) is 0 Å². The van der Waals surface area contributed by atoms with Crippen molar-refractivity contribution >= 4 is 5.91 Å². The molecule has 1 atom stereocenters. The molecule has 0 radical (unpaired) electrons. The van der Waals surface area contributed by atoms with Crippen molar-refractivity contribution in [2.45, 2.75) is 31.9 Å². The van der Waals surface area contributed by atoms with E-state index in [1.165, 1.54) is 10.5 Å². The zero-order valence-electron chi connectivity index (χ0n) is 11.4. The van der Waals surface area contributed by atoms with Crippen LogP contribution in [0.4, 0.5) is 13.2 Å². The summed E-state index contributed by atoms with van der Waals surface area (Å²) in [6.45, 7) is 1.74. The van der Waals surface area contributed by atoms with E-state index in [1.54, 1.807) is 0 Å². The minimum Gasteiger partial charge on any atom is -0.342 e. The van der Waals surface area contributed by atoms with E-state index < -0.39 is 18.0 Å². The van der Waals surface area contributed by atoms with Gasteiger partial charge in [0, 0.05) is 13.1 Å². The third-order valence-electron chi connectivity index (χ3n) is 3.94. The molecule has 0 saturated carbocycles. The fourth-order valence-electron chi connectivity index (χ4n) is 2.57. The summed E-state index contributed by atoms with van der Waals surface area (Å²) in [5.74, 6) is -2.37. The van der Waals surface area contributed by atoms with Crippen molar-refractivity contribution in [1.29, 1.82) is 0 Å². The van der Waals surface area contributed by atoms with Crippen molar-refractivity contribution in [3.8, 4) is 0 Å². The highest BCUT2D eigenvalue weighted by molar-refractivity contribution is 5.79. The third-order valence-corrected chi connectivity index (χ3v) is 3.94. The molecule has 0 spiro atoms. The van der Waals surface area contributed by atoms with E-state index in [0.29, 0.717) is 19.0 Å². The van der Waals surface area contributed by atoms with Gasteiger partial charge in [-0.05, 0) is 31.2 Å². The van der Waals surface area contributed by atoms with E-state index in [-0.39, 0.29) is 0 Å². The van der Waals surface area contributed by atoms with Gasteiger partial charge in [-0.3, -0.25) is 4.79 Å². The molecule has 1 aliphatic rings. The highest BCUT2D eigenvalue weighted by atomic mass is 19.4. The van der Waals surface area contributed by atoms with Crippen molar-refractivity contribution in [2.24, 2.45) is 5.92 Å². The van der Waals surface area contributed by atoms with E-state index >= 15 is 0 Å². The van der Waals surface area contributed by atoms with Crippen LogP contribution < -0.4 is 0 Å². The van der Waals surface area contributed by atoms with Gasteiger partial charge in [-0.2, -0.15) is 13.2 Å². The molecule has 0 aromatic heterocycles. The Labute approximate surface area is 116 Å². The highest BCUT2D eigenvalue weighted by Gasteiger charge is 2.43. The number of hydrogen-bond acceptors (Lipinski definition) is 1. The molecule has 2 rings (SSSR count). The van der Waals surface area contributed by atoms with Gasteiger partial charge in [-0.15, -0.1) is 0 Å². The fraction of sp³-hybridized carbons (Fsp3) is 0.533. The summed E-state index contributed by atoms with van der Waals surface area (Å²) in [6.07, 6.45) is -3.01. The Morgan fingerprint density at radius 3 is 2.25 bits per heavy atom. The monoisotopic (exact) mass is 285 g/mol. The number of nitrogens with zero attached hydrogens (tertiary/aromatic N) is 1. The molecule has 5 heteroatoms. The summed E-state index contributed by atoms with van der Waals surface area (Å²) in [7, 11) is 0. The molecule has 1 heterocycles. The van der Waals surface area contributed by atoms with Crippen molar-refractivity contribution in [3.05, 3.63) is 35.9 Å². The molecular formula is C15H18F3NO. The van der Waals surface area contributed by atoms with Crippen LogP contribution in [-0.2, 0) is 4.79 Å². The summed E-state index contributed by atoms with van der Waals surface area (Å²) in [4.78, 5) is 13.1. The van der Waals surface area contributed by atoms with E-state index in [1.807, 2.05) is 30.3 Å². The molecule has 110 valence electrons. The Kier molecular flexibility index (Phi) is 4.35. The summed E-state index contributed by atoms with van der Waals surface area (Å²) in [6, 6.07) is 9.91. The quantitative estimate of drug-likeness (QED) is 0.813. The molecule has 0 bridgehead atoms. The van der Waals surface area contributed by atoms with E-state index in [0.717, 1.165) is 19.8 Å². The third kappa shape index (κ3) is 3.32. The number of likely N-dealkylation sites (tertiary alicyclic amines) is 1. The van der Waals surface area contributed by atoms with Crippen molar-refractivity contribution in [1.82, 2.24) is 4.90 Å². The lowest BCUT2D eigenvalue weighted by atomic mass is 9.89. The molecule has 1 fully saturated rings. The maximum Gasteiger partial charge on any atom is 0.400 e. The van der Waals surface area contributed by atoms with E-state index in [9.17, 15) is 18.0 Å². The molecule has 1 saturated heterocycles.